The molecular weight excluding hydrogens is 228 g/mol. The van der Waals surface area contributed by atoms with E-state index >= 15 is 0 Å². The van der Waals surface area contributed by atoms with Crippen LogP contribution in [-0.4, -0.2) is 30.5 Å². The number of aryl methyl sites for hydroxylation is 2. The molecule has 3 N–H and O–H groups in total. The maximum Gasteiger partial charge on any atom is 0.221 e. The predicted molar refractivity (Wildman–Crippen MR) is 71.4 cm³/mol. The van der Waals surface area contributed by atoms with Crippen molar-refractivity contribution in [1.29, 1.82) is 0 Å². The molecule has 0 atom stereocenters. The van der Waals surface area contributed by atoms with Crippen molar-refractivity contribution in [1.82, 2.24) is 10.3 Å². The summed E-state index contributed by atoms with van der Waals surface area (Å²) in [7, 11) is 0. The Balaban J connectivity index is 2.34. The van der Waals surface area contributed by atoms with E-state index in [1.165, 1.54) is 0 Å². The molecule has 0 bridgehead atoms. The van der Waals surface area contributed by atoms with Gasteiger partial charge in [-0.25, -0.2) is 0 Å². The fourth-order valence-corrected chi connectivity index (χ4v) is 2.38. The summed E-state index contributed by atoms with van der Waals surface area (Å²) >= 11 is 0. The summed E-state index contributed by atoms with van der Waals surface area (Å²) in [6.45, 7) is 6.69. The molecule has 0 radical (unpaired) electrons. The zero-order valence-corrected chi connectivity index (χ0v) is 11.0. The molecule has 0 spiro atoms. The molecule has 98 valence electrons. The zero-order chi connectivity index (χ0) is 13.1. The minimum Gasteiger partial charge on any atom is -0.369 e. The molecule has 1 aromatic heterocycles. The lowest BCUT2D eigenvalue weighted by molar-refractivity contribution is -0.120. The first kappa shape index (κ1) is 12.8. The number of nitrogens with one attached hydrogen (secondary N) is 1. The second-order valence-electron chi connectivity index (χ2n) is 4.64. The van der Waals surface area contributed by atoms with Crippen molar-refractivity contribution in [2.24, 2.45) is 5.73 Å². The lowest BCUT2D eigenvalue weighted by Gasteiger charge is -2.25. The molecular formula is C13H20N4O. The lowest BCUT2D eigenvalue weighted by Crippen LogP contribution is -2.29. The topological polar surface area (TPSA) is 71.2 Å². The van der Waals surface area contributed by atoms with Crippen LogP contribution in [0.4, 0.5) is 5.69 Å². The molecule has 1 saturated heterocycles. The van der Waals surface area contributed by atoms with Crippen LogP contribution >= 0.6 is 0 Å². The summed E-state index contributed by atoms with van der Waals surface area (Å²) in [5, 5.41) is 2.88. The van der Waals surface area contributed by atoms with Crippen molar-refractivity contribution in [3.8, 4) is 0 Å². The summed E-state index contributed by atoms with van der Waals surface area (Å²) in [6, 6.07) is 2.06. The van der Waals surface area contributed by atoms with Gasteiger partial charge < -0.3 is 16.0 Å². The van der Waals surface area contributed by atoms with Crippen LogP contribution in [0.1, 0.15) is 23.4 Å². The molecule has 0 aliphatic carbocycles. The van der Waals surface area contributed by atoms with Gasteiger partial charge in [-0.1, -0.05) is 0 Å². The van der Waals surface area contributed by atoms with Gasteiger partial charge in [0.25, 0.3) is 0 Å². The second-order valence-corrected chi connectivity index (χ2v) is 4.64. The van der Waals surface area contributed by atoms with E-state index in [2.05, 4.69) is 21.3 Å². The number of anilines is 1. The van der Waals surface area contributed by atoms with Crippen LogP contribution in [0, 0.1) is 13.8 Å². The van der Waals surface area contributed by atoms with Crippen molar-refractivity contribution in [2.45, 2.75) is 26.8 Å². The highest BCUT2D eigenvalue weighted by Gasteiger charge is 2.17. The van der Waals surface area contributed by atoms with E-state index in [0.717, 1.165) is 35.7 Å². The second kappa shape index (κ2) is 5.35. The quantitative estimate of drug-likeness (QED) is 0.798. The molecule has 0 saturated carbocycles. The highest BCUT2D eigenvalue weighted by molar-refractivity contribution is 5.77. The van der Waals surface area contributed by atoms with E-state index in [9.17, 15) is 4.79 Å². The smallest absolute Gasteiger partial charge is 0.221 e. The number of amides is 1. The van der Waals surface area contributed by atoms with E-state index in [0.29, 0.717) is 19.5 Å². The average Bonchev–Trinajstić information content (AvgIpc) is 2.53. The van der Waals surface area contributed by atoms with Gasteiger partial charge in [0.2, 0.25) is 5.91 Å². The van der Waals surface area contributed by atoms with Crippen molar-refractivity contribution in [3.63, 3.8) is 0 Å². The van der Waals surface area contributed by atoms with Gasteiger partial charge in [-0.3, -0.25) is 9.78 Å². The number of pyridine rings is 1. The van der Waals surface area contributed by atoms with Crippen LogP contribution in [-0.2, 0) is 11.3 Å². The third-order valence-corrected chi connectivity index (χ3v) is 3.29. The van der Waals surface area contributed by atoms with Crippen LogP contribution in [0.2, 0.25) is 0 Å². The molecule has 1 aliphatic rings. The molecule has 18 heavy (non-hydrogen) atoms. The largest absolute Gasteiger partial charge is 0.369 e. The predicted octanol–water partition coefficient (Wildman–Crippen LogP) is 0.483. The van der Waals surface area contributed by atoms with Crippen LogP contribution in [0.5, 0.6) is 0 Å². The molecule has 1 aromatic rings. The summed E-state index contributed by atoms with van der Waals surface area (Å²) in [6.07, 6.45) is 0.532. The molecule has 1 amide bonds. The monoisotopic (exact) mass is 248 g/mol. The highest BCUT2D eigenvalue weighted by atomic mass is 16.1. The Hall–Kier alpha value is -1.62. The van der Waals surface area contributed by atoms with Crippen molar-refractivity contribution in [2.75, 3.05) is 24.5 Å². The summed E-state index contributed by atoms with van der Waals surface area (Å²) in [5.74, 6) is 0.120. The molecule has 5 nitrogen and oxygen atoms in total. The molecule has 5 heteroatoms. The number of carbonyl (C=O) groups is 1. The van der Waals surface area contributed by atoms with Crippen LogP contribution < -0.4 is 16.0 Å². The standard InChI is InChI=1S/C13H20N4O/c1-9-7-12(11(8-14)10(2)16-9)17-5-3-13(18)15-4-6-17/h7H,3-6,8,14H2,1-2H3,(H,15,18). The Kier molecular flexibility index (Phi) is 3.81. The molecule has 2 heterocycles. The number of aromatic nitrogens is 1. The van der Waals surface area contributed by atoms with Gasteiger partial charge in [0, 0.05) is 55.2 Å². The molecule has 1 fully saturated rings. The van der Waals surface area contributed by atoms with Gasteiger partial charge in [0.05, 0.1) is 0 Å². The van der Waals surface area contributed by atoms with Crippen molar-refractivity contribution < 1.29 is 4.79 Å². The van der Waals surface area contributed by atoms with Crippen molar-refractivity contribution in [3.05, 3.63) is 23.0 Å². The zero-order valence-electron chi connectivity index (χ0n) is 11.0. The van der Waals surface area contributed by atoms with Gasteiger partial charge >= 0.3 is 0 Å². The number of nitrogens with zero attached hydrogens (tertiary/aromatic N) is 2. The third kappa shape index (κ3) is 2.61. The minimum atomic E-state index is 0.120. The SMILES string of the molecule is Cc1cc(N2CCNC(=O)CC2)c(CN)c(C)n1. The summed E-state index contributed by atoms with van der Waals surface area (Å²) < 4.78 is 0. The van der Waals surface area contributed by atoms with E-state index in [4.69, 9.17) is 5.73 Å². The minimum absolute atomic E-state index is 0.120. The number of hydrogen-bond acceptors (Lipinski definition) is 4. The van der Waals surface area contributed by atoms with E-state index < -0.39 is 0 Å². The van der Waals surface area contributed by atoms with E-state index in [1.807, 2.05) is 13.8 Å². The average molecular weight is 248 g/mol. The highest BCUT2D eigenvalue weighted by Crippen LogP contribution is 2.24. The van der Waals surface area contributed by atoms with Gasteiger partial charge in [0.1, 0.15) is 0 Å². The van der Waals surface area contributed by atoms with Crippen LogP contribution in [0.15, 0.2) is 6.07 Å². The van der Waals surface area contributed by atoms with Gasteiger partial charge in [-0.15, -0.1) is 0 Å². The fraction of sp³-hybridized carbons (Fsp3) is 0.538. The first-order valence-electron chi connectivity index (χ1n) is 6.30. The maximum absolute atomic E-state index is 11.4. The van der Waals surface area contributed by atoms with Gasteiger partial charge in [0.15, 0.2) is 0 Å². The molecule has 0 unspecified atom stereocenters. The van der Waals surface area contributed by atoms with E-state index in [-0.39, 0.29) is 5.91 Å². The fourth-order valence-electron chi connectivity index (χ4n) is 2.38. The Bertz CT molecular complexity index is 459. The lowest BCUT2D eigenvalue weighted by atomic mass is 10.1. The third-order valence-electron chi connectivity index (χ3n) is 3.29. The normalized spacial score (nSPS) is 16.4. The van der Waals surface area contributed by atoms with E-state index in [1.54, 1.807) is 0 Å². The molecule has 0 aromatic carbocycles. The van der Waals surface area contributed by atoms with Crippen molar-refractivity contribution >= 4 is 11.6 Å². The van der Waals surface area contributed by atoms with Gasteiger partial charge in [-0.2, -0.15) is 0 Å². The maximum atomic E-state index is 11.4. The molecule has 2 rings (SSSR count). The molecule has 1 aliphatic heterocycles. The Labute approximate surface area is 107 Å². The van der Waals surface area contributed by atoms with Gasteiger partial charge in [-0.05, 0) is 19.9 Å². The first-order chi connectivity index (χ1) is 8.61. The summed E-state index contributed by atoms with van der Waals surface area (Å²) in [4.78, 5) is 18.0. The Morgan fingerprint density at radius 3 is 2.94 bits per heavy atom. The van der Waals surface area contributed by atoms with Crippen LogP contribution in [0.3, 0.4) is 0 Å². The van der Waals surface area contributed by atoms with Crippen LogP contribution in [0.25, 0.3) is 0 Å². The number of nitrogens with two attached hydrogens (primary N) is 1. The summed E-state index contributed by atoms with van der Waals surface area (Å²) in [5.41, 5.74) is 10.00. The number of carbonyl (C=O) groups excluding carboxylic acids is 1. The number of rotatable bonds is 2. The Morgan fingerprint density at radius 2 is 2.22 bits per heavy atom. The first-order valence-corrected chi connectivity index (χ1v) is 6.30. The Morgan fingerprint density at radius 1 is 1.44 bits per heavy atom. The number of hydrogen-bond donors (Lipinski definition) is 2.